The third kappa shape index (κ3) is 4.76. The highest BCUT2D eigenvalue weighted by Gasteiger charge is 2.06. The van der Waals surface area contributed by atoms with Crippen LogP contribution in [0.25, 0.3) is 0 Å². The molecule has 0 atom stereocenters. The molecule has 0 unspecified atom stereocenters. The van der Waals surface area contributed by atoms with E-state index in [-0.39, 0.29) is 12.5 Å². The number of para-hydroxylation sites is 2. The van der Waals surface area contributed by atoms with Crippen LogP contribution in [0.4, 0.5) is 0 Å². The number of benzene rings is 1. The number of methoxy groups -OCH3 is 1. The number of hydrogen-bond donors (Lipinski definition) is 1. The van der Waals surface area contributed by atoms with Crippen LogP contribution in [0.3, 0.4) is 0 Å². The van der Waals surface area contributed by atoms with Gasteiger partial charge in [-0.15, -0.1) is 0 Å². The van der Waals surface area contributed by atoms with Gasteiger partial charge in [-0.25, -0.2) is 9.97 Å². The van der Waals surface area contributed by atoms with E-state index in [2.05, 4.69) is 15.3 Å². The van der Waals surface area contributed by atoms with E-state index in [9.17, 15) is 4.79 Å². The summed E-state index contributed by atoms with van der Waals surface area (Å²) in [4.78, 5) is 19.5. The number of rotatable bonds is 7. The lowest BCUT2D eigenvalue weighted by atomic mass is 10.2. The van der Waals surface area contributed by atoms with E-state index in [1.54, 1.807) is 31.6 Å². The summed E-state index contributed by atoms with van der Waals surface area (Å²) in [6.07, 6.45) is 5.61. The van der Waals surface area contributed by atoms with Crippen LogP contribution < -0.4 is 14.8 Å². The van der Waals surface area contributed by atoms with Gasteiger partial charge in [-0.05, 0) is 24.1 Å². The van der Waals surface area contributed by atoms with Crippen LogP contribution in [0.15, 0.2) is 43.0 Å². The van der Waals surface area contributed by atoms with Crippen molar-refractivity contribution in [3.63, 3.8) is 0 Å². The van der Waals surface area contributed by atoms with E-state index in [0.717, 1.165) is 5.56 Å². The maximum Gasteiger partial charge on any atom is 0.257 e. The lowest BCUT2D eigenvalue weighted by Crippen LogP contribution is -2.30. The number of ether oxygens (including phenoxy) is 2. The van der Waals surface area contributed by atoms with Gasteiger partial charge in [0.25, 0.3) is 5.91 Å². The quantitative estimate of drug-likeness (QED) is 0.829. The molecule has 110 valence electrons. The molecule has 0 fully saturated rings. The Morgan fingerprint density at radius 2 is 1.90 bits per heavy atom. The normalized spacial score (nSPS) is 9.95. The van der Waals surface area contributed by atoms with Crippen LogP contribution in [0, 0.1) is 0 Å². The first-order valence-electron chi connectivity index (χ1n) is 6.56. The first-order valence-corrected chi connectivity index (χ1v) is 6.56. The van der Waals surface area contributed by atoms with Crippen LogP contribution in [-0.4, -0.2) is 36.1 Å². The van der Waals surface area contributed by atoms with Gasteiger partial charge in [-0.3, -0.25) is 4.79 Å². The van der Waals surface area contributed by atoms with Crippen molar-refractivity contribution < 1.29 is 14.3 Å². The molecule has 0 saturated heterocycles. The number of aromatic nitrogens is 2. The van der Waals surface area contributed by atoms with Gasteiger partial charge in [0.05, 0.1) is 7.11 Å². The highest BCUT2D eigenvalue weighted by Crippen LogP contribution is 2.25. The van der Waals surface area contributed by atoms with Crippen LogP contribution in [0.1, 0.15) is 5.56 Å². The third-order valence-electron chi connectivity index (χ3n) is 2.78. The average molecular weight is 287 g/mol. The van der Waals surface area contributed by atoms with Crippen molar-refractivity contribution in [2.75, 3.05) is 20.3 Å². The summed E-state index contributed by atoms with van der Waals surface area (Å²) < 4.78 is 10.6. The van der Waals surface area contributed by atoms with Gasteiger partial charge in [-0.2, -0.15) is 0 Å². The van der Waals surface area contributed by atoms with Gasteiger partial charge in [0, 0.05) is 18.9 Å². The van der Waals surface area contributed by atoms with Crippen LogP contribution in [0.5, 0.6) is 11.5 Å². The van der Waals surface area contributed by atoms with Crippen molar-refractivity contribution in [3.8, 4) is 11.5 Å². The van der Waals surface area contributed by atoms with Crippen molar-refractivity contribution in [3.05, 3.63) is 48.5 Å². The Morgan fingerprint density at radius 3 is 2.62 bits per heavy atom. The van der Waals surface area contributed by atoms with Crippen molar-refractivity contribution in [1.29, 1.82) is 0 Å². The zero-order valence-corrected chi connectivity index (χ0v) is 11.8. The van der Waals surface area contributed by atoms with E-state index >= 15 is 0 Å². The molecule has 0 aliphatic carbocycles. The molecule has 6 nitrogen and oxygen atoms in total. The first-order chi connectivity index (χ1) is 10.3. The van der Waals surface area contributed by atoms with E-state index in [1.165, 1.54) is 6.33 Å². The van der Waals surface area contributed by atoms with Crippen LogP contribution in [-0.2, 0) is 11.2 Å². The van der Waals surface area contributed by atoms with Crippen LogP contribution >= 0.6 is 0 Å². The van der Waals surface area contributed by atoms with Gasteiger partial charge in [0.2, 0.25) is 0 Å². The molecule has 1 aromatic carbocycles. The molecule has 1 N–H and O–H groups in total. The van der Waals surface area contributed by atoms with E-state index < -0.39 is 0 Å². The maximum absolute atomic E-state index is 11.7. The second-order valence-electron chi connectivity index (χ2n) is 4.29. The van der Waals surface area contributed by atoms with Crippen molar-refractivity contribution in [2.45, 2.75) is 6.42 Å². The van der Waals surface area contributed by atoms with Gasteiger partial charge >= 0.3 is 0 Å². The van der Waals surface area contributed by atoms with Crippen molar-refractivity contribution in [2.24, 2.45) is 0 Å². The molecule has 0 radical (unpaired) electrons. The third-order valence-corrected chi connectivity index (χ3v) is 2.78. The minimum absolute atomic E-state index is 0.0499. The molecule has 6 heteroatoms. The summed E-state index contributed by atoms with van der Waals surface area (Å²) in [5.41, 5.74) is 0.975. The van der Waals surface area contributed by atoms with Crippen LogP contribution in [0.2, 0.25) is 0 Å². The molecule has 0 spiro atoms. The predicted octanol–water partition coefficient (Wildman–Crippen LogP) is 1.22. The fourth-order valence-corrected chi connectivity index (χ4v) is 1.74. The minimum Gasteiger partial charge on any atom is -0.493 e. The molecule has 0 bridgehead atoms. The molecule has 0 saturated carbocycles. The molecular weight excluding hydrogens is 270 g/mol. The highest BCUT2D eigenvalue weighted by molar-refractivity contribution is 5.77. The molecule has 1 aromatic heterocycles. The number of carbonyl (C=O) groups is 1. The maximum atomic E-state index is 11.7. The predicted molar refractivity (Wildman–Crippen MR) is 77.2 cm³/mol. The summed E-state index contributed by atoms with van der Waals surface area (Å²) in [5, 5.41) is 2.78. The van der Waals surface area contributed by atoms with Gasteiger partial charge in [-0.1, -0.05) is 12.1 Å². The highest BCUT2D eigenvalue weighted by atomic mass is 16.5. The standard InChI is InChI=1S/C15H17N3O3/c1-20-13-4-2-3-5-14(13)21-10-15(19)18-7-6-12-8-16-11-17-9-12/h2-5,8-9,11H,6-7,10H2,1H3,(H,18,19). The van der Waals surface area contributed by atoms with Gasteiger partial charge in [0.1, 0.15) is 6.33 Å². The summed E-state index contributed by atoms with van der Waals surface area (Å²) in [6.45, 7) is 0.465. The van der Waals surface area contributed by atoms with E-state index in [1.807, 2.05) is 12.1 Å². The zero-order valence-electron chi connectivity index (χ0n) is 11.8. The largest absolute Gasteiger partial charge is 0.493 e. The lowest BCUT2D eigenvalue weighted by molar-refractivity contribution is -0.123. The summed E-state index contributed by atoms with van der Waals surface area (Å²) in [5.74, 6) is 0.969. The fourth-order valence-electron chi connectivity index (χ4n) is 1.74. The summed E-state index contributed by atoms with van der Waals surface area (Å²) in [6, 6.07) is 7.20. The fraction of sp³-hybridized carbons (Fsp3) is 0.267. The van der Waals surface area contributed by atoms with Crippen molar-refractivity contribution >= 4 is 5.91 Å². The Balaban J connectivity index is 1.72. The Bertz CT molecular complexity index is 575. The first kappa shape index (κ1) is 14.8. The molecule has 0 aliphatic rings. The summed E-state index contributed by atoms with van der Waals surface area (Å²) >= 11 is 0. The molecule has 1 amide bonds. The smallest absolute Gasteiger partial charge is 0.257 e. The van der Waals surface area contributed by atoms with Gasteiger partial charge < -0.3 is 14.8 Å². The molecule has 2 aromatic rings. The van der Waals surface area contributed by atoms with E-state index in [4.69, 9.17) is 9.47 Å². The number of nitrogens with zero attached hydrogens (tertiary/aromatic N) is 2. The van der Waals surface area contributed by atoms with Crippen molar-refractivity contribution in [1.82, 2.24) is 15.3 Å². The SMILES string of the molecule is COc1ccccc1OCC(=O)NCCc1cncnc1. The number of amides is 1. The Hall–Kier alpha value is -2.63. The Labute approximate surface area is 123 Å². The van der Waals surface area contributed by atoms with E-state index in [0.29, 0.717) is 24.5 Å². The molecular formula is C15H17N3O3. The Morgan fingerprint density at radius 1 is 1.19 bits per heavy atom. The average Bonchev–Trinajstić information content (AvgIpc) is 2.54. The molecule has 1 heterocycles. The monoisotopic (exact) mass is 287 g/mol. The number of hydrogen-bond acceptors (Lipinski definition) is 5. The summed E-state index contributed by atoms with van der Waals surface area (Å²) in [7, 11) is 1.56. The second-order valence-corrected chi connectivity index (χ2v) is 4.29. The topological polar surface area (TPSA) is 73.3 Å². The Kier molecular flexibility index (Phi) is 5.51. The zero-order chi connectivity index (χ0) is 14.9. The number of carbonyl (C=O) groups excluding carboxylic acids is 1. The van der Waals surface area contributed by atoms with Gasteiger partial charge in [0.15, 0.2) is 18.1 Å². The molecule has 0 aliphatic heterocycles. The molecule has 21 heavy (non-hydrogen) atoms. The lowest BCUT2D eigenvalue weighted by Gasteiger charge is -2.10. The molecule has 2 rings (SSSR count). The minimum atomic E-state index is -0.183. The second kappa shape index (κ2) is 7.84. The number of nitrogens with one attached hydrogen (secondary N) is 1.